The van der Waals surface area contributed by atoms with E-state index in [0.717, 1.165) is 24.9 Å². The van der Waals surface area contributed by atoms with Gasteiger partial charge in [0.25, 0.3) is 0 Å². The molecule has 4 rings (SSSR count). The lowest BCUT2D eigenvalue weighted by Gasteiger charge is -2.37. The van der Waals surface area contributed by atoms with E-state index in [-0.39, 0.29) is 17.8 Å². The molecule has 7 heteroatoms. The maximum Gasteiger partial charge on any atom is 0.237 e. The van der Waals surface area contributed by atoms with Gasteiger partial charge in [-0.2, -0.15) is 0 Å². The molecule has 1 N–H and O–H groups in total. The largest absolute Gasteiger partial charge is 0.491 e. The number of fused-ring (bicyclic) bond motifs is 1. The van der Waals surface area contributed by atoms with Crippen molar-refractivity contribution in [3.8, 4) is 5.75 Å². The molecular weight excluding hydrogens is 439 g/mol. The molecule has 33 heavy (non-hydrogen) atoms. The molecule has 1 saturated carbocycles. The number of amides is 1. The number of nitrogens with zero attached hydrogens (tertiary/aromatic N) is 2. The lowest BCUT2D eigenvalue weighted by Crippen LogP contribution is -2.48. The van der Waals surface area contributed by atoms with Gasteiger partial charge in [0.15, 0.2) is 0 Å². The summed E-state index contributed by atoms with van der Waals surface area (Å²) in [5, 5.41) is 12.5. The Hall–Kier alpha value is -2.22. The molecule has 0 radical (unpaired) electrons. The summed E-state index contributed by atoms with van der Waals surface area (Å²) in [7, 11) is 0. The highest BCUT2D eigenvalue weighted by atomic mass is 32.1. The van der Waals surface area contributed by atoms with E-state index in [0.29, 0.717) is 44.3 Å². The number of hydrogen-bond acceptors (Lipinski definition) is 5. The van der Waals surface area contributed by atoms with Crippen LogP contribution in [0.1, 0.15) is 42.2 Å². The zero-order valence-corrected chi connectivity index (χ0v) is 19.8. The molecule has 1 aromatic heterocycles. The molecule has 1 aromatic carbocycles. The maximum absolute atomic E-state index is 13.5. The number of ether oxygens (including phenoxy) is 1. The van der Waals surface area contributed by atoms with Crippen molar-refractivity contribution in [2.75, 3.05) is 32.8 Å². The van der Waals surface area contributed by atoms with Crippen LogP contribution >= 0.6 is 11.3 Å². The highest BCUT2D eigenvalue weighted by Crippen LogP contribution is 2.34. The summed E-state index contributed by atoms with van der Waals surface area (Å²) in [6.07, 6.45) is 6.02. The van der Waals surface area contributed by atoms with Crippen LogP contribution in [-0.4, -0.2) is 59.7 Å². The Balaban J connectivity index is 1.43. The van der Waals surface area contributed by atoms with Crippen molar-refractivity contribution in [2.24, 2.45) is 5.92 Å². The van der Waals surface area contributed by atoms with Gasteiger partial charge in [-0.15, -0.1) is 17.9 Å². The first-order valence-corrected chi connectivity index (χ1v) is 12.7. The number of thiophene rings is 1. The van der Waals surface area contributed by atoms with E-state index >= 15 is 0 Å². The SMILES string of the molecule is C=CCC[C@@H](O)CN(CC(=O)N1CCc2sccc2[C@@H]1COc1ccc(F)cc1)CC1CC1. The Morgan fingerprint density at radius 3 is 2.85 bits per heavy atom. The van der Waals surface area contributed by atoms with E-state index in [2.05, 4.69) is 22.9 Å². The van der Waals surface area contributed by atoms with Gasteiger partial charge in [-0.05, 0) is 79.3 Å². The summed E-state index contributed by atoms with van der Waals surface area (Å²) < 4.78 is 19.2. The fraction of sp³-hybridized carbons (Fsp3) is 0.500. The number of rotatable bonds is 12. The second-order valence-corrected chi connectivity index (χ2v) is 10.1. The predicted molar refractivity (Wildman–Crippen MR) is 129 cm³/mol. The van der Waals surface area contributed by atoms with Crippen LogP contribution in [0.15, 0.2) is 48.4 Å². The van der Waals surface area contributed by atoms with E-state index in [1.54, 1.807) is 23.5 Å². The van der Waals surface area contributed by atoms with Gasteiger partial charge in [0.2, 0.25) is 5.91 Å². The third kappa shape index (κ3) is 6.65. The van der Waals surface area contributed by atoms with Gasteiger partial charge in [-0.3, -0.25) is 9.69 Å². The smallest absolute Gasteiger partial charge is 0.237 e. The van der Waals surface area contributed by atoms with Crippen molar-refractivity contribution in [1.82, 2.24) is 9.80 Å². The van der Waals surface area contributed by atoms with Gasteiger partial charge >= 0.3 is 0 Å². The van der Waals surface area contributed by atoms with E-state index < -0.39 is 6.10 Å². The summed E-state index contributed by atoms with van der Waals surface area (Å²) in [4.78, 5) is 18.8. The van der Waals surface area contributed by atoms with Gasteiger partial charge in [-0.1, -0.05) is 6.08 Å². The van der Waals surface area contributed by atoms with E-state index in [4.69, 9.17) is 4.74 Å². The molecule has 1 aliphatic heterocycles. The van der Waals surface area contributed by atoms with Gasteiger partial charge in [0.1, 0.15) is 18.2 Å². The molecule has 5 nitrogen and oxygen atoms in total. The first kappa shape index (κ1) is 23.9. The van der Waals surface area contributed by atoms with Gasteiger partial charge in [0, 0.05) is 24.5 Å². The van der Waals surface area contributed by atoms with Crippen molar-refractivity contribution in [1.29, 1.82) is 0 Å². The second-order valence-electron chi connectivity index (χ2n) is 9.07. The van der Waals surface area contributed by atoms with Crippen molar-refractivity contribution < 1.29 is 19.0 Å². The fourth-order valence-electron chi connectivity index (χ4n) is 4.43. The Labute approximate surface area is 199 Å². The van der Waals surface area contributed by atoms with Gasteiger partial charge in [0.05, 0.1) is 18.7 Å². The summed E-state index contributed by atoms with van der Waals surface area (Å²) in [5.74, 6) is 0.984. The van der Waals surface area contributed by atoms with Crippen LogP contribution in [0.25, 0.3) is 0 Å². The molecule has 1 fully saturated rings. The molecule has 1 amide bonds. The Morgan fingerprint density at radius 2 is 2.12 bits per heavy atom. The standard InChI is InChI=1S/C26H33FN2O3S/c1-2-3-4-21(30)16-28(15-19-5-6-19)17-26(31)29-13-11-25-23(12-14-33-25)24(29)18-32-22-9-7-20(27)8-10-22/h2,7-10,12,14,19,21,24,30H,1,3-6,11,13,15-18H2/t21-,24+/m1/s1. The number of allylic oxidation sites excluding steroid dienone is 1. The number of aliphatic hydroxyl groups is 1. The van der Waals surface area contributed by atoms with E-state index in [9.17, 15) is 14.3 Å². The van der Waals surface area contributed by atoms with Crippen LogP contribution < -0.4 is 4.74 Å². The zero-order valence-electron chi connectivity index (χ0n) is 19.0. The minimum atomic E-state index is -0.461. The summed E-state index contributed by atoms with van der Waals surface area (Å²) in [6, 6.07) is 7.89. The summed E-state index contributed by atoms with van der Waals surface area (Å²) in [6.45, 7) is 6.36. The highest BCUT2D eigenvalue weighted by Gasteiger charge is 2.34. The molecule has 2 aromatic rings. The Morgan fingerprint density at radius 1 is 1.33 bits per heavy atom. The van der Waals surface area contributed by atoms with Crippen LogP contribution in [0.2, 0.25) is 0 Å². The maximum atomic E-state index is 13.5. The van der Waals surface area contributed by atoms with Crippen LogP contribution in [0.4, 0.5) is 4.39 Å². The molecule has 0 spiro atoms. The number of aliphatic hydroxyl groups excluding tert-OH is 1. The molecule has 178 valence electrons. The van der Waals surface area contributed by atoms with E-state index in [1.165, 1.54) is 29.9 Å². The van der Waals surface area contributed by atoms with E-state index in [1.807, 2.05) is 11.0 Å². The van der Waals surface area contributed by atoms with Crippen LogP contribution in [0, 0.1) is 11.7 Å². The van der Waals surface area contributed by atoms with Crippen molar-refractivity contribution in [3.05, 3.63) is 64.6 Å². The molecular formula is C26H33FN2O3S. The summed E-state index contributed by atoms with van der Waals surface area (Å²) in [5.41, 5.74) is 1.14. The number of hydrogen-bond donors (Lipinski definition) is 1. The monoisotopic (exact) mass is 472 g/mol. The minimum Gasteiger partial charge on any atom is -0.491 e. The second kappa shape index (κ2) is 11.3. The zero-order chi connectivity index (χ0) is 23.2. The third-order valence-corrected chi connectivity index (χ3v) is 7.38. The quantitative estimate of drug-likeness (QED) is 0.465. The van der Waals surface area contributed by atoms with Gasteiger partial charge < -0.3 is 14.7 Å². The van der Waals surface area contributed by atoms with Crippen molar-refractivity contribution in [3.63, 3.8) is 0 Å². The third-order valence-electron chi connectivity index (χ3n) is 6.38. The van der Waals surface area contributed by atoms with Gasteiger partial charge in [-0.25, -0.2) is 4.39 Å². The lowest BCUT2D eigenvalue weighted by atomic mass is 10.0. The number of halogens is 1. The lowest BCUT2D eigenvalue weighted by molar-refractivity contribution is -0.136. The minimum absolute atomic E-state index is 0.0659. The van der Waals surface area contributed by atoms with Crippen LogP contribution in [0.3, 0.4) is 0 Å². The average Bonchev–Trinajstić information content (AvgIpc) is 3.48. The topological polar surface area (TPSA) is 53.0 Å². The average molecular weight is 473 g/mol. The first-order chi connectivity index (χ1) is 16.0. The molecule has 0 bridgehead atoms. The van der Waals surface area contributed by atoms with Crippen LogP contribution in [-0.2, 0) is 11.2 Å². The molecule has 2 aliphatic rings. The summed E-state index contributed by atoms with van der Waals surface area (Å²) >= 11 is 1.72. The molecule has 2 atom stereocenters. The fourth-order valence-corrected chi connectivity index (χ4v) is 5.36. The molecule has 0 unspecified atom stereocenters. The Kier molecular flexibility index (Phi) is 8.17. The number of carbonyl (C=O) groups excluding carboxylic acids is 1. The predicted octanol–water partition coefficient (Wildman–Crippen LogP) is 4.43. The van der Waals surface area contributed by atoms with Crippen molar-refractivity contribution >= 4 is 17.2 Å². The first-order valence-electron chi connectivity index (χ1n) is 11.8. The van der Waals surface area contributed by atoms with Crippen molar-refractivity contribution in [2.45, 2.75) is 44.2 Å². The molecule has 2 heterocycles. The Bertz CT molecular complexity index is 928. The van der Waals surface area contributed by atoms with Crippen LogP contribution in [0.5, 0.6) is 5.75 Å². The molecule has 0 saturated heterocycles. The number of benzene rings is 1. The highest BCUT2D eigenvalue weighted by molar-refractivity contribution is 7.10. The normalized spacial score (nSPS) is 18.8. The number of carbonyl (C=O) groups is 1. The molecule has 1 aliphatic carbocycles.